The van der Waals surface area contributed by atoms with Crippen LogP contribution < -0.4 is 5.32 Å². The van der Waals surface area contributed by atoms with E-state index in [4.69, 9.17) is 0 Å². The third kappa shape index (κ3) is 2.28. The Hall–Kier alpha value is -1.52. The number of amides is 1. The molecular weight excluding hydrogens is 231 g/mol. The van der Waals surface area contributed by atoms with E-state index < -0.39 is 17.3 Å². The van der Waals surface area contributed by atoms with Crippen molar-refractivity contribution in [1.82, 2.24) is 5.32 Å². The number of rotatable bonds is 2. The van der Waals surface area contributed by atoms with Gasteiger partial charge in [-0.05, 0) is 24.5 Å². The molecule has 0 saturated heterocycles. The van der Waals surface area contributed by atoms with Crippen molar-refractivity contribution < 1.29 is 18.0 Å². The molecule has 1 N–H and O–H groups in total. The van der Waals surface area contributed by atoms with Crippen LogP contribution in [0.15, 0.2) is 24.3 Å². The van der Waals surface area contributed by atoms with Crippen LogP contribution >= 0.6 is 0 Å². The molecule has 1 aliphatic rings. The Morgan fingerprint density at radius 2 is 1.88 bits per heavy atom. The van der Waals surface area contributed by atoms with Gasteiger partial charge in [0, 0.05) is 6.92 Å². The number of carbonyl (C=O) groups excluding carboxylic acids is 1. The minimum atomic E-state index is -4.38. The molecule has 2 nitrogen and oxygen atoms in total. The zero-order valence-corrected chi connectivity index (χ0v) is 9.27. The van der Waals surface area contributed by atoms with Gasteiger partial charge in [0.1, 0.15) is 0 Å². The minimum Gasteiger partial charge on any atom is -0.347 e. The molecule has 1 saturated carbocycles. The number of alkyl halides is 3. The van der Waals surface area contributed by atoms with E-state index in [-0.39, 0.29) is 11.5 Å². The molecule has 5 heteroatoms. The van der Waals surface area contributed by atoms with E-state index in [0.29, 0.717) is 12.8 Å². The lowest BCUT2D eigenvalue weighted by atomic mass is 9.98. The van der Waals surface area contributed by atoms with Gasteiger partial charge in [0.05, 0.1) is 11.1 Å². The average Bonchev–Trinajstić information content (AvgIpc) is 2.97. The Morgan fingerprint density at radius 3 is 2.35 bits per heavy atom. The second-order valence-electron chi connectivity index (χ2n) is 4.31. The first kappa shape index (κ1) is 12.0. The molecule has 2 rings (SSSR count). The van der Waals surface area contributed by atoms with E-state index in [1.807, 2.05) is 0 Å². The lowest BCUT2D eigenvalue weighted by Crippen LogP contribution is -2.34. The summed E-state index contributed by atoms with van der Waals surface area (Å²) in [6.07, 6.45) is -3.27. The number of hydrogen-bond donors (Lipinski definition) is 1. The molecule has 92 valence electrons. The van der Waals surface area contributed by atoms with Crippen molar-refractivity contribution >= 4 is 5.91 Å². The molecule has 0 bridgehead atoms. The zero-order valence-electron chi connectivity index (χ0n) is 9.27. The predicted octanol–water partition coefficient (Wildman–Crippen LogP) is 2.83. The monoisotopic (exact) mass is 243 g/mol. The first-order valence-corrected chi connectivity index (χ1v) is 5.31. The second kappa shape index (κ2) is 3.75. The molecule has 1 amide bonds. The minimum absolute atomic E-state index is 0.169. The maximum absolute atomic E-state index is 12.8. The molecule has 0 atom stereocenters. The molecular formula is C12H12F3NO. The first-order valence-electron chi connectivity index (χ1n) is 5.31. The van der Waals surface area contributed by atoms with E-state index in [9.17, 15) is 18.0 Å². The molecule has 0 aliphatic heterocycles. The zero-order chi connectivity index (χ0) is 12.7. The first-order chi connectivity index (χ1) is 7.85. The maximum Gasteiger partial charge on any atom is 0.416 e. The molecule has 0 spiro atoms. The molecule has 17 heavy (non-hydrogen) atoms. The molecule has 0 unspecified atom stereocenters. The summed E-state index contributed by atoms with van der Waals surface area (Å²) in [5.74, 6) is -0.306. The highest BCUT2D eigenvalue weighted by Crippen LogP contribution is 2.49. The van der Waals surface area contributed by atoms with Crippen LogP contribution in [0.5, 0.6) is 0 Å². The van der Waals surface area contributed by atoms with Gasteiger partial charge in [-0.3, -0.25) is 4.79 Å². The summed E-state index contributed by atoms with van der Waals surface area (Å²) in [5.41, 5.74) is -1.30. The Labute approximate surface area is 96.8 Å². The van der Waals surface area contributed by atoms with Crippen LogP contribution in [-0.4, -0.2) is 5.91 Å². The van der Waals surface area contributed by atoms with E-state index >= 15 is 0 Å². The molecule has 1 fully saturated rings. The topological polar surface area (TPSA) is 29.1 Å². The lowest BCUT2D eigenvalue weighted by molar-refractivity contribution is -0.139. The Bertz CT molecular complexity index is 449. The van der Waals surface area contributed by atoms with Gasteiger partial charge in [-0.2, -0.15) is 13.2 Å². The number of carbonyl (C=O) groups is 1. The number of benzene rings is 1. The van der Waals surface area contributed by atoms with Gasteiger partial charge >= 0.3 is 6.18 Å². The molecule has 0 heterocycles. The summed E-state index contributed by atoms with van der Waals surface area (Å²) in [5, 5.41) is 2.62. The van der Waals surface area contributed by atoms with Crippen molar-refractivity contribution in [2.75, 3.05) is 0 Å². The van der Waals surface area contributed by atoms with Crippen LogP contribution in [0.25, 0.3) is 0 Å². The van der Waals surface area contributed by atoms with E-state index in [1.165, 1.54) is 19.1 Å². The highest BCUT2D eigenvalue weighted by molar-refractivity contribution is 5.75. The summed E-state index contributed by atoms with van der Waals surface area (Å²) in [6, 6.07) is 5.41. The Kier molecular flexibility index (Phi) is 2.64. The highest BCUT2D eigenvalue weighted by Gasteiger charge is 2.49. The summed E-state index contributed by atoms with van der Waals surface area (Å²) in [6.45, 7) is 1.32. The fraction of sp³-hybridized carbons (Fsp3) is 0.417. The van der Waals surface area contributed by atoms with Gasteiger partial charge in [0.2, 0.25) is 5.91 Å². The van der Waals surface area contributed by atoms with Gasteiger partial charge < -0.3 is 5.32 Å². The summed E-state index contributed by atoms with van der Waals surface area (Å²) in [7, 11) is 0. The van der Waals surface area contributed by atoms with Crippen molar-refractivity contribution in [3.63, 3.8) is 0 Å². The van der Waals surface area contributed by atoms with Gasteiger partial charge in [0.25, 0.3) is 0 Å². The molecule has 1 aromatic carbocycles. The maximum atomic E-state index is 12.8. The fourth-order valence-corrected chi connectivity index (χ4v) is 2.07. The van der Waals surface area contributed by atoms with Gasteiger partial charge in [-0.25, -0.2) is 0 Å². The predicted molar refractivity (Wildman–Crippen MR) is 56.2 cm³/mol. The fourth-order valence-electron chi connectivity index (χ4n) is 2.07. The second-order valence-corrected chi connectivity index (χ2v) is 4.31. The average molecular weight is 243 g/mol. The van der Waals surface area contributed by atoms with Crippen molar-refractivity contribution in [2.45, 2.75) is 31.5 Å². The summed E-state index contributed by atoms with van der Waals surface area (Å²) >= 11 is 0. The van der Waals surface area contributed by atoms with E-state index in [2.05, 4.69) is 5.32 Å². The normalized spacial score (nSPS) is 17.6. The summed E-state index contributed by atoms with van der Waals surface area (Å²) < 4.78 is 38.5. The van der Waals surface area contributed by atoms with E-state index in [1.54, 1.807) is 6.07 Å². The quantitative estimate of drug-likeness (QED) is 0.850. The standard InChI is InChI=1S/C12H12F3NO/c1-8(17)16-11(6-7-11)9-4-2-3-5-10(9)12(13,14)15/h2-5H,6-7H2,1H3,(H,16,17). The van der Waals surface area contributed by atoms with Gasteiger partial charge in [-0.15, -0.1) is 0 Å². The Morgan fingerprint density at radius 1 is 1.29 bits per heavy atom. The Balaban J connectivity index is 2.43. The largest absolute Gasteiger partial charge is 0.416 e. The third-order valence-electron chi connectivity index (χ3n) is 2.91. The van der Waals surface area contributed by atoms with E-state index in [0.717, 1.165) is 6.07 Å². The number of nitrogens with one attached hydrogen (secondary N) is 1. The van der Waals surface area contributed by atoms with Crippen LogP contribution in [0, 0.1) is 0 Å². The molecule has 1 aliphatic carbocycles. The molecule has 1 aromatic rings. The summed E-state index contributed by atoms with van der Waals surface area (Å²) in [4.78, 5) is 11.0. The van der Waals surface area contributed by atoms with Gasteiger partial charge in [-0.1, -0.05) is 18.2 Å². The van der Waals surface area contributed by atoms with Gasteiger partial charge in [0.15, 0.2) is 0 Å². The SMILES string of the molecule is CC(=O)NC1(c2ccccc2C(F)(F)F)CC1. The van der Waals surface area contributed by atoms with Crippen molar-refractivity contribution in [3.8, 4) is 0 Å². The van der Waals surface area contributed by atoms with Crippen molar-refractivity contribution in [2.24, 2.45) is 0 Å². The number of hydrogen-bond acceptors (Lipinski definition) is 1. The smallest absolute Gasteiger partial charge is 0.347 e. The van der Waals surface area contributed by atoms with Crippen molar-refractivity contribution in [1.29, 1.82) is 0 Å². The highest BCUT2D eigenvalue weighted by atomic mass is 19.4. The lowest BCUT2D eigenvalue weighted by Gasteiger charge is -2.21. The molecule has 0 radical (unpaired) electrons. The number of halogens is 3. The molecule has 0 aromatic heterocycles. The third-order valence-corrected chi connectivity index (χ3v) is 2.91. The van der Waals surface area contributed by atoms with Crippen LogP contribution in [0.2, 0.25) is 0 Å². The van der Waals surface area contributed by atoms with Crippen LogP contribution in [0.3, 0.4) is 0 Å². The van der Waals surface area contributed by atoms with Crippen LogP contribution in [0.4, 0.5) is 13.2 Å². The van der Waals surface area contributed by atoms with Crippen LogP contribution in [0.1, 0.15) is 30.9 Å². The van der Waals surface area contributed by atoms with Crippen LogP contribution in [-0.2, 0) is 16.5 Å². The van der Waals surface area contributed by atoms with Crippen molar-refractivity contribution in [3.05, 3.63) is 35.4 Å².